The molecule has 3 nitrogen and oxygen atoms in total. The van der Waals surface area contributed by atoms with Gasteiger partial charge in [-0.2, -0.15) is 0 Å². The lowest BCUT2D eigenvalue weighted by atomic mass is 9.94. The van der Waals surface area contributed by atoms with Gasteiger partial charge in [0, 0.05) is 44.4 Å². The summed E-state index contributed by atoms with van der Waals surface area (Å²) in [4.78, 5) is 5.11. The quantitative estimate of drug-likeness (QED) is 0.699. The molecule has 0 aromatic rings. The number of ether oxygens (including phenoxy) is 1. The summed E-state index contributed by atoms with van der Waals surface area (Å²) in [6.07, 6.45) is 0.513. The molecule has 2 aliphatic heterocycles. The Morgan fingerprint density at radius 3 is 2.20 bits per heavy atom. The summed E-state index contributed by atoms with van der Waals surface area (Å²) in [6.45, 7) is 14.6. The van der Waals surface area contributed by atoms with Gasteiger partial charge in [-0.15, -0.1) is 0 Å². The highest BCUT2D eigenvalue weighted by Gasteiger charge is 2.42. The highest BCUT2D eigenvalue weighted by molar-refractivity contribution is 4.98. The van der Waals surface area contributed by atoms with Gasteiger partial charge < -0.3 is 4.74 Å². The Hall–Kier alpha value is -0.120. The third kappa shape index (κ3) is 2.35. The predicted octanol–water partition coefficient (Wildman–Crippen LogP) is 1.19. The maximum Gasteiger partial charge on any atom is 0.0828 e. The van der Waals surface area contributed by atoms with Crippen molar-refractivity contribution in [2.45, 2.75) is 45.4 Å². The molecule has 2 fully saturated rings. The van der Waals surface area contributed by atoms with Crippen LogP contribution in [0.1, 0.15) is 27.7 Å². The van der Waals surface area contributed by atoms with Gasteiger partial charge in [-0.25, -0.2) is 0 Å². The van der Waals surface area contributed by atoms with E-state index >= 15 is 0 Å². The minimum Gasteiger partial charge on any atom is -0.376 e. The lowest BCUT2D eigenvalue weighted by molar-refractivity contribution is -0.112. The van der Waals surface area contributed by atoms with Gasteiger partial charge in [-0.3, -0.25) is 9.80 Å². The van der Waals surface area contributed by atoms with Gasteiger partial charge in [0.05, 0.1) is 6.10 Å². The van der Waals surface area contributed by atoms with Gasteiger partial charge in [0.2, 0.25) is 0 Å². The number of rotatable bonds is 3. The lowest BCUT2D eigenvalue weighted by Gasteiger charge is -2.55. The topological polar surface area (TPSA) is 15.7 Å². The van der Waals surface area contributed by atoms with Crippen molar-refractivity contribution in [1.29, 1.82) is 0 Å². The molecule has 0 radical (unpaired) electrons. The molecule has 0 N–H and O–H groups in total. The third-order valence-corrected chi connectivity index (χ3v) is 3.61. The number of hydrogen-bond acceptors (Lipinski definition) is 3. The van der Waals surface area contributed by atoms with Crippen LogP contribution in [0.3, 0.4) is 0 Å². The molecule has 0 aromatic carbocycles. The molecule has 0 spiro atoms. The van der Waals surface area contributed by atoms with Crippen molar-refractivity contribution in [3.63, 3.8) is 0 Å². The van der Waals surface area contributed by atoms with E-state index in [1.807, 2.05) is 0 Å². The van der Waals surface area contributed by atoms with Crippen LogP contribution in [-0.2, 0) is 4.74 Å². The summed E-state index contributed by atoms with van der Waals surface area (Å²) >= 11 is 0. The Morgan fingerprint density at radius 1 is 1.13 bits per heavy atom. The first-order valence-corrected chi connectivity index (χ1v) is 6.11. The van der Waals surface area contributed by atoms with E-state index < -0.39 is 0 Å². The van der Waals surface area contributed by atoms with E-state index in [4.69, 9.17) is 4.74 Å². The maximum atomic E-state index is 5.57. The first-order valence-electron chi connectivity index (χ1n) is 6.11. The van der Waals surface area contributed by atoms with Crippen LogP contribution < -0.4 is 0 Å². The molecular formula is C12H24N2O. The molecule has 0 aromatic heterocycles. The molecule has 3 heteroatoms. The zero-order valence-corrected chi connectivity index (χ0v) is 10.5. The number of nitrogens with zero attached hydrogens (tertiary/aromatic N) is 2. The Morgan fingerprint density at radius 2 is 1.73 bits per heavy atom. The average molecular weight is 212 g/mol. The van der Waals surface area contributed by atoms with E-state index in [2.05, 4.69) is 37.5 Å². The van der Waals surface area contributed by atoms with E-state index in [1.54, 1.807) is 0 Å². The molecule has 2 rings (SSSR count). The lowest BCUT2D eigenvalue weighted by Crippen LogP contribution is -2.69. The van der Waals surface area contributed by atoms with Crippen molar-refractivity contribution < 1.29 is 4.74 Å². The van der Waals surface area contributed by atoms with E-state index in [0.29, 0.717) is 11.6 Å². The Balaban J connectivity index is 1.65. The van der Waals surface area contributed by atoms with Gasteiger partial charge in [0.15, 0.2) is 0 Å². The van der Waals surface area contributed by atoms with Gasteiger partial charge in [-0.05, 0) is 27.7 Å². The summed E-state index contributed by atoms with van der Waals surface area (Å²) in [6, 6.07) is 0.793. The molecule has 0 unspecified atom stereocenters. The fourth-order valence-corrected chi connectivity index (χ4v) is 2.34. The average Bonchev–Trinajstić information content (AvgIpc) is 1.94. The van der Waals surface area contributed by atoms with Gasteiger partial charge in [-0.1, -0.05) is 0 Å². The minimum atomic E-state index is 0.348. The molecule has 0 aliphatic carbocycles. The van der Waals surface area contributed by atoms with Gasteiger partial charge in [0.1, 0.15) is 0 Å². The van der Waals surface area contributed by atoms with E-state index in [0.717, 1.165) is 25.7 Å². The normalized spacial score (nSPS) is 26.4. The van der Waals surface area contributed by atoms with Crippen molar-refractivity contribution in [1.82, 2.24) is 9.80 Å². The molecule has 88 valence electrons. The zero-order valence-electron chi connectivity index (χ0n) is 10.5. The van der Waals surface area contributed by atoms with Crippen LogP contribution in [0.5, 0.6) is 0 Å². The number of hydrogen-bond donors (Lipinski definition) is 0. The SMILES string of the molecule is CCOC1CN(C2CN(C(C)(C)C)C2)C1. The molecule has 0 bridgehead atoms. The summed E-state index contributed by atoms with van der Waals surface area (Å²) in [5, 5.41) is 0. The molecule has 2 heterocycles. The van der Waals surface area contributed by atoms with Crippen LogP contribution in [0.25, 0.3) is 0 Å². The van der Waals surface area contributed by atoms with Crippen LogP contribution in [-0.4, -0.2) is 60.3 Å². The second-order valence-electron chi connectivity index (χ2n) is 5.76. The molecule has 15 heavy (non-hydrogen) atoms. The fraction of sp³-hybridized carbons (Fsp3) is 1.00. The van der Waals surface area contributed by atoms with Crippen molar-refractivity contribution in [2.75, 3.05) is 32.8 Å². The van der Waals surface area contributed by atoms with Crippen LogP contribution in [0.2, 0.25) is 0 Å². The second kappa shape index (κ2) is 4.04. The van der Waals surface area contributed by atoms with E-state index in [-0.39, 0.29) is 0 Å². The molecule has 0 amide bonds. The molecule has 2 aliphatic rings. The first-order chi connectivity index (χ1) is 7.00. The largest absolute Gasteiger partial charge is 0.376 e. The standard InChI is InChI=1S/C12H24N2O/c1-5-15-11-8-13(9-11)10-6-14(7-10)12(2,3)4/h10-11H,5-9H2,1-4H3. The van der Waals surface area contributed by atoms with Crippen molar-refractivity contribution in [3.05, 3.63) is 0 Å². The summed E-state index contributed by atoms with van der Waals surface area (Å²) in [5.41, 5.74) is 0.348. The van der Waals surface area contributed by atoms with Crippen LogP contribution in [0.4, 0.5) is 0 Å². The third-order valence-electron chi connectivity index (χ3n) is 3.61. The minimum absolute atomic E-state index is 0.348. The smallest absolute Gasteiger partial charge is 0.0828 e. The second-order valence-corrected chi connectivity index (χ2v) is 5.76. The van der Waals surface area contributed by atoms with E-state index in [9.17, 15) is 0 Å². The predicted molar refractivity (Wildman–Crippen MR) is 62.1 cm³/mol. The summed E-state index contributed by atoms with van der Waals surface area (Å²) in [7, 11) is 0. The number of likely N-dealkylation sites (tertiary alicyclic amines) is 2. The Kier molecular flexibility index (Phi) is 3.06. The molecule has 0 atom stereocenters. The maximum absolute atomic E-state index is 5.57. The summed E-state index contributed by atoms with van der Waals surface area (Å²) < 4.78 is 5.57. The fourth-order valence-electron chi connectivity index (χ4n) is 2.34. The highest BCUT2D eigenvalue weighted by Crippen LogP contribution is 2.27. The molecule has 0 saturated carbocycles. The zero-order chi connectivity index (χ0) is 11.1. The Bertz CT molecular complexity index is 212. The Labute approximate surface area is 93.4 Å². The van der Waals surface area contributed by atoms with Crippen molar-refractivity contribution in [3.8, 4) is 0 Å². The van der Waals surface area contributed by atoms with Crippen molar-refractivity contribution >= 4 is 0 Å². The van der Waals surface area contributed by atoms with Crippen LogP contribution >= 0.6 is 0 Å². The first kappa shape index (κ1) is 11.4. The van der Waals surface area contributed by atoms with Gasteiger partial charge in [0.25, 0.3) is 0 Å². The van der Waals surface area contributed by atoms with Crippen LogP contribution in [0.15, 0.2) is 0 Å². The summed E-state index contributed by atoms with van der Waals surface area (Å²) in [5.74, 6) is 0. The van der Waals surface area contributed by atoms with E-state index in [1.165, 1.54) is 13.1 Å². The molecular weight excluding hydrogens is 188 g/mol. The van der Waals surface area contributed by atoms with Crippen molar-refractivity contribution in [2.24, 2.45) is 0 Å². The highest BCUT2D eigenvalue weighted by atomic mass is 16.5. The van der Waals surface area contributed by atoms with Crippen LogP contribution in [0, 0.1) is 0 Å². The van der Waals surface area contributed by atoms with Gasteiger partial charge >= 0.3 is 0 Å². The molecule has 2 saturated heterocycles. The monoisotopic (exact) mass is 212 g/mol.